The molecule has 0 aliphatic rings. The first-order valence-corrected chi connectivity index (χ1v) is 9.77. The van der Waals surface area contributed by atoms with Gasteiger partial charge >= 0.3 is 5.69 Å². The monoisotopic (exact) mass is 424 g/mol. The molecule has 0 aliphatic carbocycles. The summed E-state index contributed by atoms with van der Waals surface area (Å²) in [7, 11) is 1.34. The van der Waals surface area contributed by atoms with Crippen molar-refractivity contribution in [3.05, 3.63) is 64.0 Å². The molecule has 2 heterocycles. The molecule has 0 unspecified atom stereocenters. The average Bonchev–Trinajstić information content (AvgIpc) is 3.34. The van der Waals surface area contributed by atoms with Gasteiger partial charge in [0.15, 0.2) is 11.6 Å². The summed E-state index contributed by atoms with van der Waals surface area (Å²) in [5.74, 6) is 0.399. The van der Waals surface area contributed by atoms with Crippen molar-refractivity contribution in [1.29, 1.82) is 0 Å². The highest BCUT2D eigenvalue weighted by atomic mass is 32.1. The molecular formula is C19H16N6O4S. The van der Waals surface area contributed by atoms with E-state index in [1.807, 2.05) is 13.0 Å². The van der Waals surface area contributed by atoms with Crippen molar-refractivity contribution in [2.45, 2.75) is 13.3 Å². The summed E-state index contributed by atoms with van der Waals surface area (Å²) in [5, 5.41) is 27.4. The number of nitrogens with one attached hydrogen (secondary N) is 1. The van der Waals surface area contributed by atoms with Gasteiger partial charge in [-0.1, -0.05) is 30.4 Å². The average molecular weight is 424 g/mol. The molecule has 4 aromatic rings. The summed E-state index contributed by atoms with van der Waals surface area (Å²) in [5.41, 5.74) is 1.23. The standard InChI is InChI=1S/C19H16N6O4S/c1-3-16-21-22-19-24(16)23-18(30-19)12-5-4-6-13(9-12)20-17(26)11-7-8-15(29-2)14(10-11)25(27)28/h4-10H,3H2,1-2H3,(H,20,26). The molecule has 0 bridgehead atoms. The number of amides is 1. The van der Waals surface area contributed by atoms with E-state index in [1.165, 1.54) is 36.6 Å². The van der Waals surface area contributed by atoms with Crippen LogP contribution < -0.4 is 10.1 Å². The van der Waals surface area contributed by atoms with Gasteiger partial charge in [-0.2, -0.15) is 9.61 Å². The van der Waals surface area contributed by atoms with E-state index in [2.05, 4.69) is 20.6 Å². The second-order valence-electron chi connectivity index (χ2n) is 6.25. The molecule has 4 rings (SSSR count). The number of methoxy groups -OCH3 is 1. The number of aromatic nitrogens is 4. The number of nitro groups is 1. The van der Waals surface area contributed by atoms with Crippen molar-refractivity contribution >= 4 is 33.6 Å². The van der Waals surface area contributed by atoms with Crippen molar-refractivity contribution < 1.29 is 14.5 Å². The second-order valence-corrected chi connectivity index (χ2v) is 7.21. The van der Waals surface area contributed by atoms with Crippen LogP contribution in [0, 0.1) is 10.1 Å². The molecule has 30 heavy (non-hydrogen) atoms. The SMILES string of the molecule is CCc1nnc2sc(-c3cccc(NC(=O)c4ccc(OC)c([N+](=O)[O-])c4)c3)nn12. The van der Waals surface area contributed by atoms with Gasteiger partial charge in [0.05, 0.1) is 12.0 Å². The van der Waals surface area contributed by atoms with Crippen LogP contribution in [0.1, 0.15) is 23.1 Å². The zero-order valence-electron chi connectivity index (χ0n) is 16.0. The van der Waals surface area contributed by atoms with Crippen molar-refractivity contribution in [3.63, 3.8) is 0 Å². The summed E-state index contributed by atoms with van der Waals surface area (Å²) in [6, 6.07) is 11.3. The Bertz CT molecular complexity index is 1270. The highest BCUT2D eigenvalue weighted by molar-refractivity contribution is 7.19. The number of nitrogens with zero attached hydrogens (tertiary/aromatic N) is 5. The Balaban J connectivity index is 1.59. The zero-order valence-corrected chi connectivity index (χ0v) is 16.8. The molecule has 1 N–H and O–H groups in total. The predicted molar refractivity (Wildman–Crippen MR) is 111 cm³/mol. The predicted octanol–water partition coefficient (Wildman–Crippen LogP) is 3.58. The Hall–Kier alpha value is -3.86. The molecule has 0 aliphatic heterocycles. The lowest BCUT2D eigenvalue weighted by Gasteiger charge is -2.08. The molecule has 0 radical (unpaired) electrons. The van der Waals surface area contributed by atoms with Gasteiger partial charge in [0.25, 0.3) is 5.91 Å². The fourth-order valence-electron chi connectivity index (χ4n) is 2.90. The second kappa shape index (κ2) is 7.87. The molecule has 2 aromatic carbocycles. The van der Waals surface area contributed by atoms with E-state index in [1.54, 1.807) is 22.7 Å². The van der Waals surface area contributed by atoms with Gasteiger partial charge in [0.2, 0.25) is 4.96 Å². The third kappa shape index (κ3) is 3.57. The van der Waals surface area contributed by atoms with Gasteiger partial charge < -0.3 is 10.1 Å². The Morgan fingerprint density at radius 3 is 2.83 bits per heavy atom. The van der Waals surface area contributed by atoms with Crippen molar-refractivity contribution in [2.75, 3.05) is 12.4 Å². The van der Waals surface area contributed by atoms with E-state index >= 15 is 0 Å². The molecule has 0 spiro atoms. The number of nitro benzene ring substituents is 1. The van der Waals surface area contributed by atoms with Crippen molar-refractivity contribution in [1.82, 2.24) is 19.8 Å². The highest BCUT2D eigenvalue weighted by Crippen LogP contribution is 2.29. The van der Waals surface area contributed by atoms with Gasteiger partial charge in [-0.15, -0.1) is 10.2 Å². The lowest BCUT2D eigenvalue weighted by molar-refractivity contribution is -0.385. The topological polar surface area (TPSA) is 125 Å². The van der Waals surface area contributed by atoms with Crippen LogP contribution in [-0.4, -0.2) is 37.8 Å². The first-order chi connectivity index (χ1) is 14.5. The summed E-state index contributed by atoms with van der Waals surface area (Å²) in [6.07, 6.45) is 0.717. The summed E-state index contributed by atoms with van der Waals surface area (Å²) < 4.78 is 6.68. The van der Waals surface area contributed by atoms with Crippen LogP contribution >= 0.6 is 11.3 Å². The number of rotatable bonds is 6. The fourth-order valence-corrected chi connectivity index (χ4v) is 3.76. The van der Waals surface area contributed by atoms with Crippen LogP contribution in [0.25, 0.3) is 15.5 Å². The van der Waals surface area contributed by atoms with Crippen LogP contribution in [0.3, 0.4) is 0 Å². The van der Waals surface area contributed by atoms with E-state index in [9.17, 15) is 14.9 Å². The number of benzene rings is 2. The third-order valence-electron chi connectivity index (χ3n) is 4.38. The van der Waals surface area contributed by atoms with Gasteiger partial charge in [0, 0.05) is 29.3 Å². The minimum atomic E-state index is -0.589. The fraction of sp³-hybridized carbons (Fsp3) is 0.158. The van der Waals surface area contributed by atoms with Crippen LogP contribution in [0.15, 0.2) is 42.5 Å². The van der Waals surface area contributed by atoms with E-state index in [4.69, 9.17) is 4.74 Å². The number of carbonyl (C=O) groups is 1. The lowest BCUT2D eigenvalue weighted by atomic mass is 10.1. The van der Waals surface area contributed by atoms with Crippen LogP contribution in [0.2, 0.25) is 0 Å². The van der Waals surface area contributed by atoms with Crippen LogP contribution in [0.5, 0.6) is 5.75 Å². The van der Waals surface area contributed by atoms with E-state index in [0.29, 0.717) is 17.1 Å². The molecule has 2 aromatic heterocycles. The first kappa shape index (κ1) is 19.5. The van der Waals surface area contributed by atoms with E-state index in [0.717, 1.165) is 16.4 Å². The summed E-state index contributed by atoms with van der Waals surface area (Å²) in [6.45, 7) is 1.98. The summed E-state index contributed by atoms with van der Waals surface area (Å²) in [4.78, 5) is 23.9. The molecule has 152 valence electrons. The number of aryl methyl sites for hydroxylation is 1. The smallest absolute Gasteiger partial charge is 0.311 e. The molecule has 11 heteroatoms. The van der Waals surface area contributed by atoms with Gasteiger partial charge in [-0.25, -0.2) is 0 Å². The lowest BCUT2D eigenvalue weighted by Crippen LogP contribution is -2.12. The normalized spacial score (nSPS) is 10.9. The molecular weight excluding hydrogens is 408 g/mol. The number of carbonyl (C=O) groups excluding carboxylic acids is 1. The first-order valence-electron chi connectivity index (χ1n) is 8.95. The van der Waals surface area contributed by atoms with Gasteiger partial charge in [-0.3, -0.25) is 14.9 Å². The minimum absolute atomic E-state index is 0.0910. The molecule has 1 amide bonds. The Labute approximate surface area is 174 Å². The Morgan fingerprint density at radius 1 is 1.27 bits per heavy atom. The molecule has 10 nitrogen and oxygen atoms in total. The number of anilines is 1. The zero-order chi connectivity index (χ0) is 21.3. The molecule has 0 atom stereocenters. The maximum atomic E-state index is 12.6. The van der Waals surface area contributed by atoms with Crippen LogP contribution in [0.4, 0.5) is 11.4 Å². The number of hydrogen-bond acceptors (Lipinski definition) is 8. The van der Waals surface area contributed by atoms with Crippen LogP contribution in [-0.2, 0) is 6.42 Å². The quantitative estimate of drug-likeness (QED) is 0.370. The van der Waals surface area contributed by atoms with Gasteiger partial charge in [-0.05, 0) is 24.3 Å². The van der Waals surface area contributed by atoms with Crippen molar-refractivity contribution in [3.8, 4) is 16.3 Å². The largest absolute Gasteiger partial charge is 0.490 e. The van der Waals surface area contributed by atoms with E-state index < -0.39 is 10.8 Å². The Morgan fingerprint density at radius 2 is 2.10 bits per heavy atom. The Kier molecular flexibility index (Phi) is 5.11. The van der Waals surface area contributed by atoms with E-state index in [-0.39, 0.29) is 17.0 Å². The van der Waals surface area contributed by atoms with Gasteiger partial charge in [0.1, 0.15) is 5.01 Å². The number of fused-ring (bicyclic) bond motifs is 1. The van der Waals surface area contributed by atoms with Crippen molar-refractivity contribution in [2.24, 2.45) is 0 Å². The maximum absolute atomic E-state index is 12.6. The summed E-state index contributed by atoms with van der Waals surface area (Å²) >= 11 is 1.40. The molecule has 0 saturated heterocycles. The minimum Gasteiger partial charge on any atom is -0.490 e. The highest BCUT2D eigenvalue weighted by Gasteiger charge is 2.18. The molecule has 0 saturated carbocycles. The number of ether oxygens (including phenoxy) is 1. The number of hydrogen-bond donors (Lipinski definition) is 1. The third-order valence-corrected chi connectivity index (χ3v) is 5.32. The maximum Gasteiger partial charge on any atom is 0.311 e. The molecule has 0 fully saturated rings.